The van der Waals surface area contributed by atoms with Crippen LogP contribution in [0.2, 0.25) is 19.6 Å². The predicted octanol–water partition coefficient (Wildman–Crippen LogP) is 5.53. The summed E-state index contributed by atoms with van der Waals surface area (Å²) in [6, 6.07) is 7.74. The maximum absolute atomic E-state index is 14.4. The monoisotopic (exact) mass is 615 g/mol. The molecule has 0 saturated carbocycles. The van der Waals surface area contributed by atoms with Gasteiger partial charge in [-0.2, -0.15) is 0 Å². The number of carbonyl (C=O) groups is 3. The molecule has 3 atom stereocenters. The van der Waals surface area contributed by atoms with Crippen molar-refractivity contribution in [2.24, 2.45) is 5.92 Å². The van der Waals surface area contributed by atoms with Crippen LogP contribution in [0.25, 0.3) is 15.7 Å². The number of likely N-dealkylation sites (tertiary alicyclic amines) is 1. The number of halogens is 2. The zero-order valence-electron chi connectivity index (χ0n) is 25.6. The van der Waals surface area contributed by atoms with Crippen LogP contribution in [0.15, 0.2) is 36.4 Å². The fourth-order valence-corrected chi connectivity index (χ4v) is 6.52. The number of carbonyl (C=O) groups excluding carboxylic acids is 3. The molecule has 1 saturated heterocycles. The Morgan fingerprint density at radius 3 is 2.59 bits per heavy atom. The normalized spacial score (nSPS) is 19.9. The van der Waals surface area contributed by atoms with Crippen molar-refractivity contribution in [3.8, 4) is 11.5 Å². The van der Waals surface area contributed by atoms with Gasteiger partial charge in [-0.3, -0.25) is 24.1 Å². The first-order valence-corrected chi connectivity index (χ1v) is 18.0. The quantitative estimate of drug-likeness (QED) is 0.225. The van der Waals surface area contributed by atoms with Crippen molar-refractivity contribution >= 4 is 42.4 Å². The van der Waals surface area contributed by atoms with E-state index in [1.165, 1.54) is 22.9 Å². The number of nitrogens with zero attached hydrogens (tertiary/aromatic N) is 3. The summed E-state index contributed by atoms with van der Waals surface area (Å²) in [5.74, 6) is 0.345. The molecule has 0 radical (unpaired) electrons. The molecule has 0 aliphatic carbocycles. The molecule has 2 N–H and O–H groups in total. The fourth-order valence-electron chi connectivity index (χ4n) is 6.00. The lowest BCUT2D eigenvalue weighted by Gasteiger charge is -2.32. The molecule has 0 unspecified atom stereocenters. The minimum atomic E-state index is -1.65. The second kappa shape index (κ2) is 11.2. The number of fused-ring (bicyclic) bond motifs is 3. The Labute approximate surface area is 256 Å². The lowest BCUT2D eigenvalue weighted by molar-refractivity contribution is -0.136. The van der Waals surface area contributed by atoms with Gasteiger partial charge >= 0.3 is 6.17 Å². The Morgan fingerprint density at radius 1 is 1.20 bits per heavy atom. The first-order chi connectivity index (χ1) is 20.6. The molecule has 0 bridgehead atoms. The van der Waals surface area contributed by atoms with Gasteiger partial charge in [0.1, 0.15) is 36.9 Å². The van der Waals surface area contributed by atoms with Gasteiger partial charge in [-0.1, -0.05) is 39.4 Å². The molecular formula is C33H35F2N5O3Si. The molecule has 2 aliphatic heterocycles. The van der Waals surface area contributed by atoms with E-state index in [-0.39, 0.29) is 47.8 Å². The van der Waals surface area contributed by atoms with Gasteiger partial charge in [0, 0.05) is 36.3 Å². The van der Waals surface area contributed by atoms with Crippen LogP contribution in [0.3, 0.4) is 0 Å². The molecule has 228 valence electrons. The van der Waals surface area contributed by atoms with Crippen LogP contribution < -0.4 is 5.32 Å². The highest BCUT2D eigenvalue weighted by Gasteiger charge is 2.59. The van der Waals surface area contributed by atoms with Gasteiger partial charge in [0.25, 0.3) is 11.8 Å². The van der Waals surface area contributed by atoms with Gasteiger partial charge < -0.3 is 15.2 Å². The van der Waals surface area contributed by atoms with E-state index in [1.807, 2.05) is 32.0 Å². The van der Waals surface area contributed by atoms with E-state index in [0.29, 0.717) is 11.3 Å². The SMILES string of the molecule is [C-]#[N+][C@@H]1C[C@@]2(CN1C(=O)[C@H](CC(C)C)N(C)C(=O)c1cc3c(F)cc(F)cc3[nH]1)C(=O)Nc1ccc(C#C[Si](C)(C)C)cc12. The van der Waals surface area contributed by atoms with E-state index in [9.17, 15) is 23.2 Å². The van der Waals surface area contributed by atoms with E-state index < -0.39 is 49.1 Å². The third-order valence-corrected chi connectivity index (χ3v) is 9.09. The largest absolute Gasteiger partial charge is 0.350 e. The van der Waals surface area contributed by atoms with Crippen molar-refractivity contribution in [3.05, 3.63) is 76.3 Å². The van der Waals surface area contributed by atoms with Gasteiger partial charge in [-0.05, 0) is 48.2 Å². The number of aromatic nitrogens is 1. The molecule has 3 heterocycles. The van der Waals surface area contributed by atoms with Crippen LogP contribution in [0, 0.1) is 35.6 Å². The third-order valence-electron chi connectivity index (χ3n) is 8.21. The number of anilines is 1. The third kappa shape index (κ3) is 5.60. The van der Waals surface area contributed by atoms with E-state index in [2.05, 4.69) is 46.3 Å². The minimum absolute atomic E-state index is 0.000544. The molecule has 1 aromatic heterocycles. The van der Waals surface area contributed by atoms with Crippen molar-refractivity contribution in [1.29, 1.82) is 0 Å². The van der Waals surface area contributed by atoms with Crippen molar-refractivity contribution < 1.29 is 23.2 Å². The summed E-state index contributed by atoms with van der Waals surface area (Å²) in [5.41, 5.74) is 4.47. The minimum Gasteiger partial charge on any atom is -0.350 e. The summed E-state index contributed by atoms with van der Waals surface area (Å²) >= 11 is 0. The van der Waals surface area contributed by atoms with Gasteiger partial charge in [0.05, 0.1) is 11.9 Å². The summed E-state index contributed by atoms with van der Waals surface area (Å²) in [5, 5.41) is 2.99. The summed E-state index contributed by atoms with van der Waals surface area (Å²) in [6.07, 6.45) is -0.512. The average Bonchev–Trinajstić information content (AvgIpc) is 3.63. The number of hydrogen-bond donors (Lipinski definition) is 2. The number of hydrogen-bond acceptors (Lipinski definition) is 3. The highest BCUT2D eigenvalue weighted by atomic mass is 28.3. The van der Waals surface area contributed by atoms with Gasteiger partial charge in [0.15, 0.2) is 0 Å². The van der Waals surface area contributed by atoms with Crippen LogP contribution >= 0.6 is 0 Å². The Balaban J connectivity index is 1.47. The highest BCUT2D eigenvalue weighted by Crippen LogP contribution is 2.47. The van der Waals surface area contributed by atoms with Crippen molar-refractivity contribution in [1.82, 2.24) is 14.8 Å². The van der Waals surface area contributed by atoms with Gasteiger partial charge in [-0.15, -0.1) is 5.54 Å². The van der Waals surface area contributed by atoms with E-state index >= 15 is 0 Å². The molecule has 1 fully saturated rings. The summed E-state index contributed by atoms with van der Waals surface area (Å²) in [4.78, 5) is 50.6. The molecule has 2 aliphatic rings. The number of amides is 3. The second-order valence-corrected chi connectivity index (χ2v) is 17.9. The molecule has 11 heteroatoms. The first-order valence-electron chi connectivity index (χ1n) is 14.5. The van der Waals surface area contributed by atoms with E-state index in [4.69, 9.17) is 6.57 Å². The van der Waals surface area contributed by atoms with Crippen molar-refractivity contribution in [2.75, 3.05) is 18.9 Å². The number of H-pyrrole nitrogens is 1. The fraction of sp³-hybridized carbons (Fsp3) is 0.394. The number of benzene rings is 2. The predicted molar refractivity (Wildman–Crippen MR) is 167 cm³/mol. The maximum Gasteiger partial charge on any atom is 0.302 e. The van der Waals surface area contributed by atoms with Crippen LogP contribution in [-0.4, -0.2) is 66.4 Å². The second-order valence-electron chi connectivity index (χ2n) is 13.2. The number of rotatable bonds is 5. The molecule has 44 heavy (non-hydrogen) atoms. The molecular weight excluding hydrogens is 580 g/mol. The van der Waals surface area contributed by atoms with Crippen molar-refractivity contribution in [2.45, 2.75) is 64.0 Å². The van der Waals surface area contributed by atoms with E-state index in [0.717, 1.165) is 17.7 Å². The smallest absolute Gasteiger partial charge is 0.302 e. The highest BCUT2D eigenvalue weighted by molar-refractivity contribution is 6.83. The number of likely N-dealkylation sites (N-methyl/N-ethyl adjacent to an activating group) is 1. The summed E-state index contributed by atoms with van der Waals surface area (Å²) < 4.78 is 28.1. The molecule has 3 amide bonds. The van der Waals surface area contributed by atoms with Crippen LogP contribution in [0.4, 0.5) is 14.5 Å². The van der Waals surface area contributed by atoms with Crippen molar-refractivity contribution in [3.63, 3.8) is 0 Å². The molecule has 3 aromatic rings. The summed E-state index contributed by atoms with van der Waals surface area (Å²) in [7, 11) is -0.172. The standard InChI is InChI=1S/C33H35F2N5O3Si/c1-19(2)12-28(39(4)30(41)27-16-22-24(35)14-21(34)15-26(22)37-27)31(42)40-18-33(17-29(40)36-3)23-13-20(10-11-44(5,6)7)8-9-25(23)38-32(33)43/h8-9,13-16,19,28-29,37H,12,17-18H2,1-2,4-7H3,(H,38,43)/t28-,29-,33-/m0/s1. The number of nitrogens with one attached hydrogen (secondary N) is 2. The zero-order chi connectivity index (χ0) is 32.1. The Bertz CT molecular complexity index is 1790. The van der Waals surface area contributed by atoms with E-state index in [1.54, 1.807) is 0 Å². The molecule has 5 rings (SSSR count). The van der Waals surface area contributed by atoms with Crippen LogP contribution in [0.1, 0.15) is 48.3 Å². The van der Waals surface area contributed by atoms with Crippen LogP contribution in [-0.2, 0) is 15.0 Å². The topological polar surface area (TPSA) is 89.9 Å². The Kier molecular flexibility index (Phi) is 7.89. The lowest BCUT2D eigenvalue weighted by Crippen LogP contribution is -2.51. The maximum atomic E-state index is 14.4. The average molecular weight is 616 g/mol. The van der Waals surface area contributed by atoms with Gasteiger partial charge in [0.2, 0.25) is 5.91 Å². The molecule has 8 nitrogen and oxygen atoms in total. The number of aromatic amines is 1. The zero-order valence-corrected chi connectivity index (χ0v) is 26.6. The first kappa shape index (κ1) is 31.0. The molecule has 1 spiro atoms. The molecule has 2 aromatic carbocycles. The lowest BCUT2D eigenvalue weighted by atomic mass is 9.80. The Morgan fingerprint density at radius 2 is 1.93 bits per heavy atom. The van der Waals surface area contributed by atoms with Crippen LogP contribution in [0.5, 0.6) is 0 Å². The summed E-state index contributed by atoms with van der Waals surface area (Å²) in [6.45, 7) is 18.2. The Hall–Kier alpha value is -4.48. The van der Waals surface area contributed by atoms with Gasteiger partial charge in [-0.25, -0.2) is 15.4 Å².